The molecular formula is C28H31FN8O2. The second-order valence-electron chi connectivity index (χ2n) is 10.5. The molecule has 0 saturated carbocycles. The number of benzene rings is 1. The summed E-state index contributed by atoms with van der Waals surface area (Å²) in [5.74, 6) is 0.554. The molecule has 0 radical (unpaired) electrons. The summed E-state index contributed by atoms with van der Waals surface area (Å²) in [5, 5.41) is 11.2. The summed E-state index contributed by atoms with van der Waals surface area (Å²) in [5.41, 5.74) is 3.63. The highest BCUT2D eigenvalue weighted by molar-refractivity contribution is 6.02. The summed E-state index contributed by atoms with van der Waals surface area (Å²) in [6, 6.07) is 9.90. The Morgan fingerprint density at radius 3 is 2.54 bits per heavy atom. The van der Waals surface area contributed by atoms with E-state index in [-0.39, 0.29) is 5.91 Å². The maximum atomic E-state index is 14.0. The lowest BCUT2D eigenvalue weighted by atomic mass is 9.73. The molecule has 2 aliphatic heterocycles. The zero-order valence-electron chi connectivity index (χ0n) is 22.2. The maximum Gasteiger partial charge on any atom is 0.255 e. The topological polar surface area (TPSA) is 99.9 Å². The Hall–Kier alpha value is -4.25. The third kappa shape index (κ3) is 4.63. The minimum absolute atomic E-state index is 0.217. The summed E-state index contributed by atoms with van der Waals surface area (Å²) in [4.78, 5) is 26.0. The van der Waals surface area contributed by atoms with E-state index in [1.165, 1.54) is 37.0 Å². The summed E-state index contributed by atoms with van der Waals surface area (Å²) >= 11 is 0. The molecule has 6 rings (SSSR count). The molecule has 39 heavy (non-hydrogen) atoms. The Balaban J connectivity index is 1.30. The fraction of sp³-hybridized carbons (Fsp3) is 0.357. The number of ether oxygens (including phenoxy) is 1. The minimum Gasteiger partial charge on any atom is -0.496 e. The number of aromatic nitrogens is 4. The van der Waals surface area contributed by atoms with Gasteiger partial charge in [-0.25, -0.2) is 18.9 Å². The molecule has 2 fully saturated rings. The molecule has 1 aromatic carbocycles. The van der Waals surface area contributed by atoms with Crippen molar-refractivity contribution < 1.29 is 13.9 Å². The van der Waals surface area contributed by atoms with Gasteiger partial charge in [-0.1, -0.05) is 0 Å². The largest absolute Gasteiger partial charge is 0.496 e. The van der Waals surface area contributed by atoms with E-state index in [4.69, 9.17) is 4.74 Å². The molecule has 10 nitrogen and oxygen atoms in total. The molecule has 4 aromatic rings. The first-order valence-corrected chi connectivity index (χ1v) is 13.0. The number of anilines is 3. The Kier molecular flexibility index (Phi) is 6.30. The van der Waals surface area contributed by atoms with Crippen LogP contribution >= 0.6 is 0 Å². The first-order valence-electron chi connectivity index (χ1n) is 13.0. The Bertz CT molecular complexity index is 1520. The number of amides is 1. The van der Waals surface area contributed by atoms with Gasteiger partial charge in [0.25, 0.3) is 5.91 Å². The molecule has 5 heterocycles. The number of methoxy groups -OCH3 is 1. The van der Waals surface area contributed by atoms with E-state index in [2.05, 4.69) is 36.7 Å². The van der Waals surface area contributed by atoms with Gasteiger partial charge in [0, 0.05) is 51.9 Å². The first kappa shape index (κ1) is 25.1. The van der Waals surface area contributed by atoms with E-state index in [0.717, 1.165) is 31.9 Å². The number of carbonyl (C=O) groups excluding carboxylic acids is 1. The molecule has 0 bridgehead atoms. The van der Waals surface area contributed by atoms with Crippen molar-refractivity contribution in [2.24, 2.45) is 5.41 Å². The van der Waals surface area contributed by atoms with Crippen molar-refractivity contribution in [3.05, 3.63) is 60.2 Å². The summed E-state index contributed by atoms with van der Waals surface area (Å²) < 4.78 is 21.0. The fourth-order valence-corrected chi connectivity index (χ4v) is 5.38. The molecule has 11 heteroatoms. The van der Waals surface area contributed by atoms with Gasteiger partial charge in [-0.2, -0.15) is 0 Å². The van der Waals surface area contributed by atoms with Gasteiger partial charge in [-0.3, -0.25) is 4.79 Å². The van der Waals surface area contributed by atoms with Crippen LogP contribution in [0.2, 0.25) is 0 Å². The molecule has 202 valence electrons. The normalized spacial score (nSPS) is 16.3. The lowest BCUT2D eigenvalue weighted by molar-refractivity contribution is 0.0828. The van der Waals surface area contributed by atoms with E-state index in [1.807, 2.05) is 12.3 Å². The van der Waals surface area contributed by atoms with Crippen molar-refractivity contribution in [1.29, 1.82) is 0 Å². The molecule has 2 saturated heterocycles. The quantitative estimate of drug-likeness (QED) is 0.390. The van der Waals surface area contributed by atoms with Crippen molar-refractivity contribution in [3.8, 4) is 17.0 Å². The highest BCUT2D eigenvalue weighted by Crippen LogP contribution is 2.37. The van der Waals surface area contributed by atoms with Crippen molar-refractivity contribution in [2.45, 2.75) is 12.8 Å². The third-order valence-electron chi connectivity index (χ3n) is 7.75. The lowest BCUT2D eigenvalue weighted by Crippen LogP contribution is -2.58. The van der Waals surface area contributed by atoms with E-state index < -0.39 is 5.82 Å². The summed E-state index contributed by atoms with van der Waals surface area (Å²) in [6.45, 7) is 4.34. The van der Waals surface area contributed by atoms with Crippen LogP contribution in [0.25, 0.3) is 16.8 Å². The summed E-state index contributed by atoms with van der Waals surface area (Å²) in [7, 11) is 4.82. The van der Waals surface area contributed by atoms with E-state index in [1.54, 1.807) is 36.9 Å². The van der Waals surface area contributed by atoms with Crippen LogP contribution in [0.15, 0.2) is 48.8 Å². The van der Waals surface area contributed by atoms with Crippen LogP contribution in [0.4, 0.5) is 21.8 Å². The van der Waals surface area contributed by atoms with Gasteiger partial charge in [-0.15, -0.1) is 5.10 Å². The van der Waals surface area contributed by atoms with E-state index in [0.29, 0.717) is 45.3 Å². The van der Waals surface area contributed by atoms with E-state index >= 15 is 0 Å². The number of nitrogens with zero attached hydrogens (tertiary/aromatic N) is 6. The number of carbonyl (C=O) groups is 1. The average Bonchev–Trinajstić information content (AvgIpc) is 3.30. The number of nitrogens with one attached hydrogen (secondary N) is 2. The second-order valence-corrected chi connectivity index (χ2v) is 10.5. The third-order valence-corrected chi connectivity index (χ3v) is 7.75. The van der Waals surface area contributed by atoms with Crippen LogP contribution in [-0.4, -0.2) is 77.8 Å². The van der Waals surface area contributed by atoms with Crippen molar-refractivity contribution in [2.75, 3.05) is 57.6 Å². The van der Waals surface area contributed by atoms with Crippen LogP contribution in [0.1, 0.15) is 23.2 Å². The number of hydrogen-bond acceptors (Lipinski definition) is 8. The van der Waals surface area contributed by atoms with Crippen LogP contribution < -0.4 is 20.3 Å². The van der Waals surface area contributed by atoms with Gasteiger partial charge in [0.05, 0.1) is 42.0 Å². The number of pyridine rings is 1. The predicted octanol–water partition coefficient (Wildman–Crippen LogP) is 3.57. The Labute approximate surface area is 225 Å². The molecule has 2 aliphatic rings. The zero-order valence-corrected chi connectivity index (χ0v) is 22.2. The van der Waals surface area contributed by atoms with Crippen LogP contribution in [0.5, 0.6) is 5.75 Å². The van der Waals surface area contributed by atoms with Crippen LogP contribution in [-0.2, 0) is 0 Å². The molecule has 0 aliphatic carbocycles. The minimum atomic E-state index is -0.437. The highest BCUT2D eigenvalue weighted by Gasteiger charge is 2.39. The number of rotatable bonds is 6. The van der Waals surface area contributed by atoms with Crippen LogP contribution in [0.3, 0.4) is 0 Å². The van der Waals surface area contributed by atoms with Gasteiger partial charge in [0.1, 0.15) is 17.4 Å². The van der Waals surface area contributed by atoms with Gasteiger partial charge < -0.3 is 25.2 Å². The SMILES string of the molecule is COc1cc(F)ccc1-c1c(C(=O)N(C)C)cc2cnc(Nc3ccc(N4CCC5(CC4)CNC5)cn3)nn12. The van der Waals surface area contributed by atoms with Crippen LogP contribution in [0, 0.1) is 11.2 Å². The smallest absolute Gasteiger partial charge is 0.255 e. The van der Waals surface area contributed by atoms with Gasteiger partial charge in [0.2, 0.25) is 5.95 Å². The molecular weight excluding hydrogens is 499 g/mol. The van der Waals surface area contributed by atoms with Gasteiger partial charge in [-0.05, 0) is 48.6 Å². The Morgan fingerprint density at radius 2 is 1.90 bits per heavy atom. The average molecular weight is 531 g/mol. The molecule has 2 N–H and O–H groups in total. The fourth-order valence-electron chi connectivity index (χ4n) is 5.38. The Morgan fingerprint density at radius 1 is 1.10 bits per heavy atom. The molecule has 1 spiro atoms. The zero-order chi connectivity index (χ0) is 27.1. The highest BCUT2D eigenvalue weighted by atomic mass is 19.1. The van der Waals surface area contributed by atoms with Gasteiger partial charge in [0.15, 0.2) is 0 Å². The monoisotopic (exact) mass is 530 g/mol. The summed E-state index contributed by atoms with van der Waals surface area (Å²) in [6.07, 6.45) is 5.90. The number of piperidine rings is 1. The maximum absolute atomic E-state index is 14.0. The first-order chi connectivity index (χ1) is 18.9. The number of hydrogen-bond donors (Lipinski definition) is 2. The standard InChI is InChI=1S/C28H31FN8O2/c1-35(2)26(38)22-13-20-15-32-27(34-37(20)25(22)21-6-4-18(29)12-23(21)39-3)33-24-7-5-19(14-31-24)36-10-8-28(9-11-36)16-30-17-28/h4-7,12-15,30H,8-11,16-17H2,1-3H3,(H,31,33,34). The number of halogens is 1. The predicted molar refractivity (Wildman–Crippen MR) is 147 cm³/mol. The number of fused-ring (bicyclic) bond motifs is 1. The van der Waals surface area contributed by atoms with Gasteiger partial charge >= 0.3 is 0 Å². The van der Waals surface area contributed by atoms with Crippen molar-refractivity contribution in [1.82, 2.24) is 29.8 Å². The molecule has 0 atom stereocenters. The second kappa shape index (κ2) is 9.81. The lowest BCUT2D eigenvalue weighted by Gasteiger charge is -2.48. The molecule has 1 amide bonds. The van der Waals surface area contributed by atoms with Crippen molar-refractivity contribution in [3.63, 3.8) is 0 Å². The van der Waals surface area contributed by atoms with Crippen molar-refractivity contribution >= 4 is 28.9 Å². The molecule has 3 aromatic heterocycles. The van der Waals surface area contributed by atoms with E-state index in [9.17, 15) is 9.18 Å². The molecule has 0 unspecified atom stereocenters.